The number of carbonyl (C=O) groups excluding carboxylic acids is 1. The van der Waals surface area contributed by atoms with Crippen molar-refractivity contribution < 1.29 is 4.79 Å². The van der Waals surface area contributed by atoms with E-state index in [1.54, 1.807) is 12.1 Å². The van der Waals surface area contributed by atoms with E-state index in [9.17, 15) is 9.59 Å². The Morgan fingerprint density at radius 3 is 2.28 bits per heavy atom. The first-order valence-corrected chi connectivity index (χ1v) is 6.71. The minimum absolute atomic E-state index is 0.0218. The van der Waals surface area contributed by atoms with Crippen LogP contribution in [0.5, 0.6) is 0 Å². The number of hydrogen-bond acceptors (Lipinski definition) is 2. The van der Waals surface area contributed by atoms with Gasteiger partial charge in [0.15, 0.2) is 0 Å². The van der Waals surface area contributed by atoms with Crippen molar-refractivity contribution in [1.82, 2.24) is 9.88 Å². The van der Waals surface area contributed by atoms with Crippen LogP contribution in [0.1, 0.15) is 36.2 Å². The molecule has 2 saturated carbocycles. The Morgan fingerprint density at radius 1 is 1.17 bits per heavy atom. The summed E-state index contributed by atoms with van der Waals surface area (Å²) in [5.74, 6) is 1.35. The molecule has 1 aromatic rings. The number of hydrogen-bond donors (Lipinski definition) is 1. The zero-order valence-electron chi connectivity index (χ0n) is 10.4. The minimum Gasteiger partial charge on any atom is -0.337 e. The minimum atomic E-state index is -0.210. The third kappa shape index (κ3) is 2.81. The van der Waals surface area contributed by atoms with Crippen LogP contribution in [0.2, 0.25) is 0 Å². The van der Waals surface area contributed by atoms with E-state index in [-0.39, 0.29) is 11.5 Å². The fourth-order valence-corrected chi connectivity index (χ4v) is 2.21. The van der Waals surface area contributed by atoms with Crippen molar-refractivity contribution in [1.29, 1.82) is 0 Å². The van der Waals surface area contributed by atoms with E-state index in [4.69, 9.17) is 0 Å². The maximum atomic E-state index is 12.4. The standard InChI is InChI=1S/C14H18N2O2/c17-13-3-1-2-12(15-13)14(18)16(8-10-4-5-10)9-11-6-7-11/h1-3,10-11H,4-9H2,(H,15,17). The number of nitrogens with one attached hydrogen (secondary N) is 1. The SMILES string of the molecule is O=C(c1cccc(=O)[nH]1)N(CC1CC1)CC1CC1. The van der Waals surface area contributed by atoms with Crippen molar-refractivity contribution in [2.24, 2.45) is 11.8 Å². The van der Waals surface area contributed by atoms with E-state index < -0.39 is 0 Å². The van der Waals surface area contributed by atoms with E-state index >= 15 is 0 Å². The monoisotopic (exact) mass is 246 g/mol. The molecule has 0 spiro atoms. The summed E-state index contributed by atoms with van der Waals surface area (Å²) < 4.78 is 0. The second-order valence-corrected chi connectivity index (χ2v) is 5.53. The molecule has 96 valence electrons. The van der Waals surface area contributed by atoms with Gasteiger partial charge in [0.25, 0.3) is 5.91 Å². The number of aromatic nitrogens is 1. The Hall–Kier alpha value is -1.58. The van der Waals surface area contributed by atoms with Gasteiger partial charge in [-0.2, -0.15) is 0 Å². The summed E-state index contributed by atoms with van der Waals surface area (Å²) >= 11 is 0. The molecule has 1 heterocycles. The summed E-state index contributed by atoms with van der Waals surface area (Å²) in [4.78, 5) is 28.2. The normalized spacial score (nSPS) is 18.7. The first-order chi connectivity index (χ1) is 8.72. The van der Waals surface area contributed by atoms with Gasteiger partial charge in [0.2, 0.25) is 5.56 Å². The topological polar surface area (TPSA) is 53.2 Å². The van der Waals surface area contributed by atoms with Gasteiger partial charge in [-0.05, 0) is 43.6 Å². The molecule has 0 bridgehead atoms. The lowest BCUT2D eigenvalue weighted by molar-refractivity contribution is 0.0733. The highest BCUT2D eigenvalue weighted by atomic mass is 16.2. The third-order valence-electron chi connectivity index (χ3n) is 3.64. The summed E-state index contributed by atoms with van der Waals surface area (Å²) in [7, 11) is 0. The Morgan fingerprint density at radius 2 is 1.78 bits per heavy atom. The zero-order chi connectivity index (χ0) is 12.5. The summed E-state index contributed by atoms with van der Waals surface area (Å²) in [6.07, 6.45) is 4.94. The van der Waals surface area contributed by atoms with Crippen LogP contribution in [0, 0.1) is 11.8 Å². The molecule has 0 atom stereocenters. The molecule has 4 heteroatoms. The van der Waals surface area contributed by atoms with Gasteiger partial charge in [0, 0.05) is 19.2 Å². The van der Waals surface area contributed by atoms with Crippen LogP contribution in [0.4, 0.5) is 0 Å². The van der Waals surface area contributed by atoms with E-state index in [1.807, 2.05) is 4.90 Å². The maximum absolute atomic E-state index is 12.4. The summed E-state index contributed by atoms with van der Waals surface area (Å²) in [6.45, 7) is 1.71. The van der Waals surface area contributed by atoms with Crippen LogP contribution in [0.3, 0.4) is 0 Å². The van der Waals surface area contributed by atoms with Crippen LogP contribution in [-0.4, -0.2) is 28.9 Å². The highest BCUT2D eigenvalue weighted by Gasteiger charge is 2.32. The number of H-pyrrole nitrogens is 1. The van der Waals surface area contributed by atoms with Gasteiger partial charge in [-0.25, -0.2) is 0 Å². The average Bonchev–Trinajstić information content (AvgIpc) is 3.22. The molecule has 0 aromatic carbocycles. The molecule has 1 aromatic heterocycles. The van der Waals surface area contributed by atoms with Gasteiger partial charge in [0.05, 0.1) is 0 Å². The molecule has 0 saturated heterocycles. The Bertz CT molecular complexity index is 487. The van der Waals surface area contributed by atoms with Crippen molar-refractivity contribution in [3.63, 3.8) is 0 Å². The van der Waals surface area contributed by atoms with Gasteiger partial charge in [0.1, 0.15) is 5.69 Å². The summed E-state index contributed by atoms with van der Waals surface area (Å²) in [5, 5.41) is 0. The molecule has 0 radical (unpaired) electrons. The molecule has 1 N–H and O–H groups in total. The average molecular weight is 246 g/mol. The third-order valence-corrected chi connectivity index (χ3v) is 3.64. The molecule has 2 aliphatic carbocycles. The number of aromatic amines is 1. The molecular formula is C14H18N2O2. The second-order valence-electron chi connectivity index (χ2n) is 5.53. The molecule has 3 rings (SSSR count). The lowest BCUT2D eigenvalue weighted by atomic mass is 10.2. The van der Waals surface area contributed by atoms with Gasteiger partial charge in [-0.3, -0.25) is 9.59 Å². The number of amides is 1. The van der Waals surface area contributed by atoms with Gasteiger partial charge in [-0.1, -0.05) is 6.07 Å². The lowest BCUT2D eigenvalue weighted by Crippen LogP contribution is -2.35. The van der Waals surface area contributed by atoms with Gasteiger partial charge < -0.3 is 9.88 Å². The van der Waals surface area contributed by atoms with E-state index in [1.165, 1.54) is 31.7 Å². The van der Waals surface area contributed by atoms with Crippen LogP contribution in [-0.2, 0) is 0 Å². The fraction of sp³-hybridized carbons (Fsp3) is 0.571. The van der Waals surface area contributed by atoms with Crippen LogP contribution < -0.4 is 5.56 Å². The smallest absolute Gasteiger partial charge is 0.270 e. The Labute approximate surface area is 106 Å². The highest BCUT2D eigenvalue weighted by Crippen LogP contribution is 2.34. The summed E-state index contributed by atoms with van der Waals surface area (Å²) in [5.41, 5.74) is 0.211. The van der Waals surface area contributed by atoms with Crippen LogP contribution in [0.25, 0.3) is 0 Å². The molecule has 4 nitrogen and oxygen atoms in total. The van der Waals surface area contributed by atoms with Crippen molar-refractivity contribution >= 4 is 5.91 Å². The molecule has 2 fully saturated rings. The second kappa shape index (κ2) is 4.59. The van der Waals surface area contributed by atoms with Crippen molar-refractivity contribution in [2.45, 2.75) is 25.7 Å². The molecule has 0 unspecified atom stereocenters. The molecule has 1 amide bonds. The number of nitrogens with zero attached hydrogens (tertiary/aromatic N) is 1. The van der Waals surface area contributed by atoms with Gasteiger partial charge >= 0.3 is 0 Å². The van der Waals surface area contributed by atoms with E-state index in [0.717, 1.165) is 13.1 Å². The molecule has 2 aliphatic rings. The van der Waals surface area contributed by atoms with Crippen LogP contribution in [0.15, 0.2) is 23.0 Å². The molecular weight excluding hydrogens is 228 g/mol. The summed E-state index contributed by atoms with van der Waals surface area (Å²) in [6, 6.07) is 4.76. The zero-order valence-corrected chi connectivity index (χ0v) is 10.4. The number of rotatable bonds is 5. The fourth-order valence-electron chi connectivity index (χ4n) is 2.21. The lowest BCUT2D eigenvalue weighted by Gasteiger charge is -2.22. The van der Waals surface area contributed by atoms with Crippen LogP contribution >= 0.6 is 0 Å². The van der Waals surface area contributed by atoms with Crippen molar-refractivity contribution in [3.8, 4) is 0 Å². The predicted molar refractivity (Wildman–Crippen MR) is 68.4 cm³/mol. The molecule has 0 aliphatic heterocycles. The first-order valence-electron chi connectivity index (χ1n) is 6.71. The van der Waals surface area contributed by atoms with E-state index in [0.29, 0.717) is 17.5 Å². The maximum Gasteiger partial charge on any atom is 0.270 e. The van der Waals surface area contributed by atoms with Crippen molar-refractivity contribution in [3.05, 3.63) is 34.2 Å². The van der Waals surface area contributed by atoms with E-state index in [2.05, 4.69) is 4.98 Å². The first kappa shape index (κ1) is 11.5. The number of carbonyl (C=O) groups is 1. The Balaban J connectivity index is 1.74. The van der Waals surface area contributed by atoms with Crippen molar-refractivity contribution in [2.75, 3.05) is 13.1 Å². The predicted octanol–water partition coefficient (Wildman–Crippen LogP) is 1.64. The molecule has 18 heavy (non-hydrogen) atoms. The largest absolute Gasteiger partial charge is 0.337 e. The highest BCUT2D eigenvalue weighted by molar-refractivity contribution is 5.92. The van der Waals surface area contributed by atoms with Gasteiger partial charge in [-0.15, -0.1) is 0 Å². The quantitative estimate of drug-likeness (QED) is 0.858. The Kier molecular flexibility index (Phi) is 2.94. The number of pyridine rings is 1.